The fraction of sp³-hybridized carbons (Fsp3) is 0.304. The summed E-state index contributed by atoms with van der Waals surface area (Å²) in [6, 6.07) is 13.7. The lowest BCUT2D eigenvalue weighted by Crippen LogP contribution is -2.39. The second kappa shape index (κ2) is 13.1. The number of nitrogens with zero attached hydrogens (tertiary/aromatic N) is 2. The smallest absolute Gasteiger partial charge is 0.387 e. The van der Waals surface area contributed by atoms with Crippen LogP contribution in [0.4, 0.5) is 8.78 Å². The summed E-state index contributed by atoms with van der Waals surface area (Å²) in [7, 11) is 0. The van der Waals surface area contributed by atoms with E-state index < -0.39 is 12.7 Å². The second-order valence-electron chi connectivity index (χ2n) is 7.05. The molecular weight excluding hydrogens is 545 g/mol. The van der Waals surface area contributed by atoms with Crippen LogP contribution in [0.5, 0.6) is 5.75 Å². The number of halogens is 3. The SMILES string of the molecule is CCNC(=NCc1coc(-c2ccc(C)cc2)n1)NCC(O)c1ccc(OC(F)F)cc1.I. The highest BCUT2D eigenvalue weighted by atomic mass is 127. The Bertz CT molecular complexity index is 1010. The zero-order valence-electron chi connectivity index (χ0n) is 18.3. The van der Waals surface area contributed by atoms with Gasteiger partial charge in [0.1, 0.15) is 17.7 Å². The molecule has 0 saturated carbocycles. The summed E-state index contributed by atoms with van der Waals surface area (Å²) < 4.78 is 34.4. The van der Waals surface area contributed by atoms with Gasteiger partial charge >= 0.3 is 6.61 Å². The quantitative estimate of drug-likeness (QED) is 0.196. The first-order chi connectivity index (χ1) is 15.4. The van der Waals surface area contributed by atoms with Gasteiger partial charge in [-0.1, -0.05) is 29.8 Å². The molecule has 0 radical (unpaired) electrons. The van der Waals surface area contributed by atoms with Crippen LogP contribution < -0.4 is 15.4 Å². The monoisotopic (exact) mass is 572 g/mol. The molecule has 0 saturated heterocycles. The zero-order valence-corrected chi connectivity index (χ0v) is 20.6. The zero-order chi connectivity index (χ0) is 22.9. The van der Waals surface area contributed by atoms with E-state index in [-0.39, 0.29) is 36.3 Å². The highest BCUT2D eigenvalue weighted by Gasteiger charge is 2.11. The molecule has 3 aromatic rings. The number of benzene rings is 2. The van der Waals surface area contributed by atoms with Crippen molar-refractivity contribution in [3.63, 3.8) is 0 Å². The van der Waals surface area contributed by atoms with E-state index in [1.54, 1.807) is 6.26 Å². The van der Waals surface area contributed by atoms with E-state index in [1.165, 1.54) is 24.3 Å². The predicted octanol–water partition coefficient (Wildman–Crippen LogP) is 4.66. The molecule has 0 aliphatic rings. The number of ether oxygens (including phenoxy) is 1. The molecule has 0 spiro atoms. The van der Waals surface area contributed by atoms with Crippen molar-refractivity contribution in [1.29, 1.82) is 0 Å². The van der Waals surface area contributed by atoms with E-state index in [0.29, 0.717) is 36.2 Å². The number of aliphatic hydroxyl groups is 1. The summed E-state index contributed by atoms with van der Waals surface area (Å²) in [5.41, 5.74) is 3.29. The minimum atomic E-state index is -2.89. The number of oxazole rings is 1. The Morgan fingerprint density at radius 3 is 2.45 bits per heavy atom. The molecule has 0 bridgehead atoms. The molecule has 33 heavy (non-hydrogen) atoms. The molecule has 1 heterocycles. The fourth-order valence-corrected chi connectivity index (χ4v) is 2.89. The van der Waals surface area contributed by atoms with Gasteiger partial charge in [0.2, 0.25) is 5.89 Å². The van der Waals surface area contributed by atoms with Crippen molar-refractivity contribution in [1.82, 2.24) is 15.6 Å². The van der Waals surface area contributed by atoms with Crippen molar-refractivity contribution in [2.24, 2.45) is 4.99 Å². The van der Waals surface area contributed by atoms with Crippen molar-refractivity contribution in [2.75, 3.05) is 13.1 Å². The van der Waals surface area contributed by atoms with Gasteiger partial charge in [0.25, 0.3) is 0 Å². The number of hydrogen-bond acceptors (Lipinski definition) is 5. The van der Waals surface area contributed by atoms with Crippen molar-refractivity contribution in [3.05, 3.63) is 71.6 Å². The third-order valence-electron chi connectivity index (χ3n) is 4.55. The first-order valence-corrected chi connectivity index (χ1v) is 10.2. The van der Waals surface area contributed by atoms with Crippen molar-refractivity contribution in [2.45, 2.75) is 33.1 Å². The third kappa shape index (κ3) is 8.28. The summed E-state index contributed by atoms with van der Waals surface area (Å²) in [6.45, 7) is 2.16. The second-order valence-corrected chi connectivity index (χ2v) is 7.05. The Labute approximate surface area is 208 Å². The maximum absolute atomic E-state index is 12.2. The standard InChI is InChI=1S/C23H26F2N4O3.HI/c1-3-26-23(28-13-20(30)16-8-10-19(11-9-16)32-22(24)25)27-12-18-14-31-21(29-18)17-6-4-15(2)5-7-17;/h4-11,14,20,22,30H,3,12-13H2,1-2H3,(H2,26,27,28);1H. The van der Waals surface area contributed by atoms with Crippen LogP contribution in [0.3, 0.4) is 0 Å². The molecule has 0 amide bonds. The Hall–Kier alpha value is -2.73. The molecule has 1 atom stereocenters. The molecule has 1 aromatic heterocycles. The van der Waals surface area contributed by atoms with Crippen molar-refractivity contribution in [3.8, 4) is 17.2 Å². The van der Waals surface area contributed by atoms with Gasteiger partial charge < -0.3 is 24.9 Å². The lowest BCUT2D eigenvalue weighted by molar-refractivity contribution is -0.0498. The Morgan fingerprint density at radius 2 is 1.82 bits per heavy atom. The van der Waals surface area contributed by atoms with Crippen molar-refractivity contribution < 1.29 is 23.0 Å². The summed E-state index contributed by atoms with van der Waals surface area (Å²) in [5, 5.41) is 16.5. The molecule has 10 heteroatoms. The number of hydrogen-bond donors (Lipinski definition) is 3. The van der Waals surface area contributed by atoms with Gasteiger partial charge in [0, 0.05) is 18.7 Å². The molecular formula is C23H27F2IN4O3. The maximum Gasteiger partial charge on any atom is 0.387 e. The summed E-state index contributed by atoms with van der Waals surface area (Å²) in [5.74, 6) is 1.07. The van der Waals surface area contributed by atoms with E-state index in [9.17, 15) is 13.9 Å². The van der Waals surface area contributed by atoms with Crippen LogP contribution in [0.2, 0.25) is 0 Å². The van der Waals surface area contributed by atoms with Crippen LogP contribution >= 0.6 is 24.0 Å². The predicted molar refractivity (Wildman–Crippen MR) is 133 cm³/mol. The van der Waals surface area contributed by atoms with Gasteiger partial charge in [-0.3, -0.25) is 0 Å². The number of aliphatic hydroxyl groups excluding tert-OH is 1. The van der Waals surface area contributed by atoms with Crippen LogP contribution in [0.25, 0.3) is 11.5 Å². The molecule has 0 fully saturated rings. The maximum atomic E-state index is 12.2. The van der Waals surface area contributed by atoms with Gasteiger partial charge in [-0.25, -0.2) is 9.98 Å². The van der Waals surface area contributed by atoms with Crippen LogP contribution in [-0.2, 0) is 6.54 Å². The van der Waals surface area contributed by atoms with Crippen LogP contribution in [0.15, 0.2) is 64.2 Å². The molecule has 7 nitrogen and oxygen atoms in total. The van der Waals surface area contributed by atoms with E-state index in [4.69, 9.17) is 4.42 Å². The molecule has 3 N–H and O–H groups in total. The number of aliphatic imine (C=N–C) groups is 1. The van der Waals surface area contributed by atoms with Crippen LogP contribution in [0, 0.1) is 6.92 Å². The normalized spacial score (nSPS) is 12.2. The number of alkyl halides is 2. The lowest BCUT2D eigenvalue weighted by Gasteiger charge is -2.16. The average molecular weight is 572 g/mol. The number of nitrogens with one attached hydrogen (secondary N) is 2. The van der Waals surface area contributed by atoms with Crippen LogP contribution in [0.1, 0.15) is 29.8 Å². The van der Waals surface area contributed by atoms with E-state index >= 15 is 0 Å². The average Bonchev–Trinajstić information content (AvgIpc) is 3.25. The third-order valence-corrected chi connectivity index (χ3v) is 4.55. The molecule has 3 rings (SSSR count). The van der Waals surface area contributed by atoms with Gasteiger partial charge in [-0.2, -0.15) is 8.78 Å². The van der Waals surface area contributed by atoms with E-state index in [1.807, 2.05) is 38.1 Å². The molecule has 2 aromatic carbocycles. The minimum Gasteiger partial charge on any atom is -0.444 e. The minimum absolute atomic E-state index is 0. The summed E-state index contributed by atoms with van der Waals surface area (Å²) in [6.07, 6.45) is 0.708. The van der Waals surface area contributed by atoms with Gasteiger partial charge in [0.05, 0.1) is 12.6 Å². The summed E-state index contributed by atoms with van der Waals surface area (Å²) in [4.78, 5) is 8.94. The Balaban J connectivity index is 0.00000385. The summed E-state index contributed by atoms with van der Waals surface area (Å²) >= 11 is 0. The molecule has 0 aliphatic carbocycles. The number of aromatic nitrogens is 1. The van der Waals surface area contributed by atoms with Gasteiger partial charge in [-0.05, 0) is 43.7 Å². The molecule has 1 unspecified atom stereocenters. The molecule has 178 valence electrons. The number of rotatable bonds is 9. The van der Waals surface area contributed by atoms with Crippen molar-refractivity contribution >= 4 is 29.9 Å². The highest BCUT2D eigenvalue weighted by molar-refractivity contribution is 14.0. The van der Waals surface area contributed by atoms with Crippen LogP contribution in [-0.4, -0.2) is 35.8 Å². The Kier molecular flexibility index (Phi) is 10.5. The molecule has 0 aliphatic heterocycles. The largest absolute Gasteiger partial charge is 0.444 e. The van der Waals surface area contributed by atoms with Gasteiger partial charge in [0.15, 0.2) is 5.96 Å². The lowest BCUT2D eigenvalue weighted by atomic mass is 10.1. The van der Waals surface area contributed by atoms with E-state index in [0.717, 1.165) is 11.1 Å². The number of aryl methyl sites for hydroxylation is 1. The fourth-order valence-electron chi connectivity index (χ4n) is 2.89. The Morgan fingerprint density at radius 1 is 1.12 bits per heavy atom. The first kappa shape index (κ1) is 26.5. The highest BCUT2D eigenvalue weighted by Crippen LogP contribution is 2.20. The topological polar surface area (TPSA) is 91.9 Å². The number of guanidine groups is 1. The van der Waals surface area contributed by atoms with E-state index in [2.05, 4.69) is 25.3 Å². The first-order valence-electron chi connectivity index (χ1n) is 10.2. The van der Waals surface area contributed by atoms with Gasteiger partial charge in [-0.15, -0.1) is 24.0 Å².